The maximum atomic E-state index is 12.3. The van der Waals surface area contributed by atoms with Crippen molar-refractivity contribution in [1.82, 2.24) is 99.5 Å². The molecule has 744 valence electrons. The van der Waals surface area contributed by atoms with Gasteiger partial charge in [-0.05, 0) is 205 Å². The number of ether oxygens (including phenoxy) is 8. The smallest absolute Gasteiger partial charge is 0.409 e. The van der Waals surface area contributed by atoms with Crippen molar-refractivity contribution in [3.8, 4) is 68.5 Å². The normalized spacial score (nSPS) is 17.9. The minimum Gasteiger partial charge on any atom is -0.489 e. The van der Waals surface area contributed by atoms with Gasteiger partial charge in [-0.3, -0.25) is 19.2 Å². The van der Waals surface area contributed by atoms with Crippen LogP contribution in [0.25, 0.3) is 45.6 Å². The molecule has 4 saturated carbocycles. The van der Waals surface area contributed by atoms with Crippen LogP contribution in [0.5, 0.6) is 23.0 Å². The molecule has 0 unspecified atom stereocenters. The van der Waals surface area contributed by atoms with Gasteiger partial charge in [-0.25, -0.2) is 57.8 Å². The van der Waals surface area contributed by atoms with Crippen LogP contribution in [0.2, 0.25) is 0 Å². The number of hydrogen-bond donors (Lipinski definition) is 4. The van der Waals surface area contributed by atoms with E-state index in [1.54, 1.807) is 119 Å². The molecule has 4 N–H and O–H groups in total. The number of carboxylic acids is 4. The molecule has 8 heterocycles. The van der Waals surface area contributed by atoms with Crippen molar-refractivity contribution in [2.24, 2.45) is 51.9 Å². The molecule has 0 aromatic carbocycles. The van der Waals surface area contributed by atoms with Crippen LogP contribution in [-0.4, -0.2) is 247 Å². The van der Waals surface area contributed by atoms with Gasteiger partial charge in [0.15, 0.2) is 0 Å². The fraction of sp³-hybridized carbons (Fsp3) is 0.625. The molecule has 0 saturated heterocycles. The van der Waals surface area contributed by atoms with Crippen LogP contribution in [0, 0.1) is 51.4 Å². The highest BCUT2D eigenvalue weighted by Crippen LogP contribution is 2.37. The number of rotatable bonds is 40. The number of aromatic nitrogens is 16. The van der Waals surface area contributed by atoms with Gasteiger partial charge >= 0.3 is 48.3 Å². The Hall–Kier alpha value is -12.7. The van der Waals surface area contributed by atoms with Crippen LogP contribution in [0.4, 0.5) is 19.2 Å². The second-order valence-corrected chi connectivity index (χ2v) is 35.7. The van der Waals surface area contributed by atoms with Gasteiger partial charge in [-0.1, -0.05) is 99.9 Å². The standard InChI is InChI=1S/4C24H35N5O5/c4*1-5-6-7-13-28(3)24(32)33-15-20-22(26-27-29(20)4)19-11-12-21(16(2)25-19)34-18-10-8-9-17(14-18)23(30)31/h4*11-12,17-18H,5-10,13-15H2,1-4H3,(H,30,31)/t2*17-,18+;2*17-,18-/m1010/s1. The summed E-state index contributed by atoms with van der Waals surface area (Å²) in [6, 6.07) is 14.5. The lowest BCUT2D eigenvalue weighted by atomic mass is 9.87. The molecule has 0 aliphatic heterocycles. The number of pyridine rings is 4. The number of hydrogen-bond acceptors (Lipinski definition) is 28. The average Bonchev–Trinajstić information content (AvgIpc) is 1.67. The fourth-order valence-electron chi connectivity index (χ4n) is 16.5. The highest BCUT2D eigenvalue weighted by Gasteiger charge is 2.35. The topological polar surface area (TPSA) is 479 Å². The Kier molecular flexibility index (Phi) is 42.1. The van der Waals surface area contributed by atoms with Gasteiger partial charge in [-0.2, -0.15) is 0 Å². The van der Waals surface area contributed by atoms with Crippen LogP contribution < -0.4 is 18.9 Å². The number of nitrogens with zero attached hydrogens (tertiary/aromatic N) is 20. The third-order valence-corrected chi connectivity index (χ3v) is 24.9. The van der Waals surface area contributed by atoms with Gasteiger partial charge in [0.05, 0.1) is 93.6 Å². The zero-order chi connectivity index (χ0) is 98.7. The van der Waals surface area contributed by atoms with Gasteiger partial charge in [0.2, 0.25) is 0 Å². The van der Waals surface area contributed by atoms with Crippen molar-refractivity contribution in [1.29, 1.82) is 0 Å². The van der Waals surface area contributed by atoms with Crippen molar-refractivity contribution in [3.63, 3.8) is 0 Å². The lowest BCUT2D eigenvalue weighted by Gasteiger charge is -2.27. The van der Waals surface area contributed by atoms with E-state index >= 15 is 0 Å². The van der Waals surface area contributed by atoms with Crippen molar-refractivity contribution in [2.45, 2.75) is 286 Å². The largest absolute Gasteiger partial charge is 0.489 e. The molecule has 4 aliphatic carbocycles. The summed E-state index contributed by atoms with van der Waals surface area (Å²) in [6.07, 6.45) is 21.8. The van der Waals surface area contributed by atoms with Crippen molar-refractivity contribution < 1.29 is 96.7 Å². The van der Waals surface area contributed by atoms with Gasteiger partial charge in [0.25, 0.3) is 0 Å². The van der Waals surface area contributed by atoms with Crippen LogP contribution in [0.3, 0.4) is 0 Å². The third kappa shape index (κ3) is 31.7. The molecule has 4 amide bonds. The molecule has 4 fully saturated rings. The average molecular weight is 1890 g/mol. The van der Waals surface area contributed by atoms with Crippen LogP contribution in [0.15, 0.2) is 48.5 Å². The predicted molar refractivity (Wildman–Crippen MR) is 501 cm³/mol. The summed E-state index contributed by atoms with van der Waals surface area (Å²) in [5.74, 6) is -1.97. The summed E-state index contributed by atoms with van der Waals surface area (Å²) in [7, 11) is 13.9. The molecule has 0 bridgehead atoms. The summed E-state index contributed by atoms with van der Waals surface area (Å²) in [6.45, 7) is 18.6. The van der Waals surface area contributed by atoms with E-state index in [1.165, 1.54) is 0 Å². The van der Waals surface area contributed by atoms with E-state index in [-0.39, 0.29) is 98.9 Å². The zero-order valence-electron chi connectivity index (χ0n) is 82.0. The Bertz CT molecular complexity index is 4600. The quantitative estimate of drug-likeness (QED) is 0.0205. The second-order valence-electron chi connectivity index (χ2n) is 35.7. The molecule has 0 radical (unpaired) electrons. The van der Waals surface area contributed by atoms with Crippen molar-refractivity contribution in [2.75, 3.05) is 54.4 Å². The highest BCUT2D eigenvalue weighted by atomic mass is 16.6. The molecular weight excluding hydrogens is 1750 g/mol. The fourth-order valence-corrected chi connectivity index (χ4v) is 16.5. The molecule has 8 atom stereocenters. The molecule has 0 spiro atoms. The summed E-state index contributed by atoms with van der Waals surface area (Å²) in [5, 5.41) is 70.5. The van der Waals surface area contributed by atoms with Crippen LogP contribution in [0.1, 0.15) is 253 Å². The van der Waals surface area contributed by atoms with E-state index in [1.807, 2.05) is 52.0 Å². The first kappa shape index (κ1) is 107. The summed E-state index contributed by atoms with van der Waals surface area (Å²) < 4.78 is 52.7. The molecule has 40 heteroatoms. The van der Waals surface area contributed by atoms with Crippen molar-refractivity contribution in [3.05, 3.63) is 94.1 Å². The Morgan fingerprint density at radius 3 is 0.691 bits per heavy atom. The van der Waals surface area contributed by atoms with Crippen LogP contribution >= 0.6 is 0 Å². The molecular formula is C96H140N20O20. The Morgan fingerprint density at radius 2 is 0.515 bits per heavy atom. The number of aliphatic carboxylic acids is 4. The first-order valence-corrected chi connectivity index (χ1v) is 47.7. The minimum atomic E-state index is -0.762. The molecule has 8 aromatic heterocycles. The van der Waals surface area contributed by atoms with Gasteiger partial charge in [-0.15, -0.1) is 20.4 Å². The number of carbonyl (C=O) groups is 8. The third-order valence-electron chi connectivity index (χ3n) is 24.9. The van der Waals surface area contributed by atoms with E-state index in [2.05, 4.69) is 88.9 Å². The summed E-state index contributed by atoms with van der Waals surface area (Å²) in [5.41, 5.74) is 9.89. The predicted octanol–water partition coefficient (Wildman–Crippen LogP) is 15.9. The number of carboxylic acid groups (broad SMARTS) is 4. The highest BCUT2D eigenvalue weighted by molar-refractivity contribution is 5.73. The summed E-state index contributed by atoms with van der Waals surface area (Å²) >= 11 is 0. The number of amides is 4. The lowest BCUT2D eigenvalue weighted by molar-refractivity contribution is -0.144. The Balaban J connectivity index is 0.000000203. The lowest BCUT2D eigenvalue weighted by Crippen LogP contribution is -2.29. The maximum Gasteiger partial charge on any atom is 0.409 e. The van der Waals surface area contributed by atoms with E-state index in [0.29, 0.717) is 192 Å². The Labute approximate surface area is 795 Å². The van der Waals surface area contributed by atoms with E-state index in [0.717, 1.165) is 128 Å². The van der Waals surface area contributed by atoms with E-state index in [4.69, 9.17) is 37.9 Å². The molecule has 8 aromatic rings. The maximum absolute atomic E-state index is 12.3. The monoisotopic (exact) mass is 1890 g/mol. The van der Waals surface area contributed by atoms with E-state index < -0.39 is 23.9 Å². The van der Waals surface area contributed by atoms with Gasteiger partial charge < -0.3 is 77.9 Å². The first-order valence-electron chi connectivity index (χ1n) is 47.7. The zero-order valence-corrected chi connectivity index (χ0v) is 82.0. The summed E-state index contributed by atoms with van der Waals surface area (Å²) in [4.78, 5) is 120. The molecule has 136 heavy (non-hydrogen) atoms. The molecule has 40 nitrogen and oxygen atoms in total. The number of carbonyl (C=O) groups excluding carboxylic acids is 4. The first-order chi connectivity index (χ1) is 65.2. The number of aryl methyl sites for hydroxylation is 8. The molecule has 4 aliphatic rings. The number of unbranched alkanes of at least 4 members (excludes halogenated alkanes) is 8. The second kappa shape index (κ2) is 53.6. The van der Waals surface area contributed by atoms with Crippen molar-refractivity contribution >= 4 is 48.3 Å². The van der Waals surface area contributed by atoms with Gasteiger partial charge in [0, 0.05) is 82.6 Å². The van der Waals surface area contributed by atoms with Crippen LogP contribution in [-0.2, 0) is 92.7 Å². The SMILES string of the molecule is CCCCCN(C)C(=O)OCc1c(-c2ccc(O[C@@H]3CCC[C@@H](C(=O)O)C3)c(C)n2)nnn1C.CCCCCN(C)C(=O)OCc1c(-c2ccc(O[C@@H]3CCC[C@H](C(=O)O)C3)c(C)n2)nnn1C.CCCCCN(C)C(=O)OCc1c(-c2ccc(O[C@H]3CCC[C@@H](C(=O)O)C3)c(C)n2)nnn1C.CCCCCN(C)C(=O)OCc1c(-c2ccc(O[C@H]3CCC[C@H](C(=O)O)C3)c(C)n2)nnn1C. The minimum absolute atomic E-state index is 0.0351. The van der Waals surface area contributed by atoms with Gasteiger partial charge in [0.1, 0.15) is 95.0 Å². The molecule has 12 rings (SSSR count). The Morgan fingerprint density at radius 1 is 0.316 bits per heavy atom. The van der Waals surface area contributed by atoms with E-state index in [9.17, 15) is 58.8 Å².